The van der Waals surface area contributed by atoms with Gasteiger partial charge in [-0.2, -0.15) is 0 Å². The molecule has 0 aliphatic carbocycles. The van der Waals surface area contributed by atoms with E-state index >= 15 is 0 Å². The van der Waals surface area contributed by atoms with Crippen LogP contribution < -0.4 is 10.1 Å². The lowest BCUT2D eigenvalue weighted by Gasteiger charge is -2.18. The van der Waals surface area contributed by atoms with E-state index in [0.29, 0.717) is 40.1 Å². The Hall–Kier alpha value is -2.24. The maximum atomic E-state index is 12.3. The molecule has 0 fully saturated rings. The summed E-state index contributed by atoms with van der Waals surface area (Å²) in [6.45, 7) is 4.99. The molecule has 138 valence electrons. The fourth-order valence-corrected chi connectivity index (χ4v) is 2.85. The molecule has 0 saturated carbocycles. The van der Waals surface area contributed by atoms with Gasteiger partial charge in [0.05, 0.1) is 0 Å². The Morgan fingerprint density at radius 2 is 1.58 bits per heavy atom. The molecule has 0 aliphatic heterocycles. The Labute approximate surface area is 162 Å². The van der Waals surface area contributed by atoms with Crippen LogP contribution in [-0.2, 0) is 4.79 Å². The summed E-state index contributed by atoms with van der Waals surface area (Å²) in [5.74, 6) is 0.0516. The maximum absolute atomic E-state index is 12.3. The van der Waals surface area contributed by atoms with Crippen LogP contribution in [0.5, 0.6) is 5.75 Å². The van der Waals surface area contributed by atoms with E-state index in [4.69, 9.17) is 27.9 Å². The van der Waals surface area contributed by atoms with Crippen molar-refractivity contribution in [1.82, 2.24) is 4.90 Å². The standard InChI is InChI=1S/C19H20Cl2N2O3/c1-3-23(4-2)19(25)13-5-7-16(8-6-13)22-18(24)12-26-17-10-14(20)9-15(21)11-17/h5-11H,3-4,12H2,1-2H3,(H,22,24). The SMILES string of the molecule is CCN(CC)C(=O)c1ccc(NC(=O)COc2cc(Cl)cc(Cl)c2)cc1. The molecular weight excluding hydrogens is 375 g/mol. The Bertz CT molecular complexity index is 755. The first kappa shape index (κ1) is 20.1. The summed E-state index contributed by atoms with van der Waals surface area (Å²) in [5.41, 5.74) is 1.16. The number of amides is 2. The second kappa shape index (κ2) is 9.46. The lowest BCUT2D eigenvalue weighted by molar-refractivity contribution is -0.118. The van der Waals surface area contributed by atoms with Crippen molar-refractivity contribution < 1.29 is 14.3 Å². The average Bonchev–Trinajstić information content (AvgIpc) is 2.61. The third-order valence-electron chi connectivity index (χ3n) is 3.67. The summed E-state index contributed by atoms with van der Waals surface area (Å²) in [5, 5.41) is 3.57. The number of anilines is 1. The van der Waals surface area contributed by atoms with Gasteiger partial charge in [-0.15, -0.1) is 0 Å². The molecule has 0 atom stereocenters. The quantitative estimate of drug-likeness (QED) is 0.752. The number of halogens is 2. The first-order chi connectivity index (χ1) is 12.4. The third-order valence-corrected chi connectivity index (χ3v) is 4.11. The number of rotatable bonds is 7. The highest BCUT2D eigenvalue weighted by atomic mass is 35.5. The third kappa shape index (κ3) is 5.64. The van der Waals surface area contributed by atoms with Crippen LogP contribution in [0.1, 0.15) is 24.2 Å². The number of benzene rings is 2. The highest BCUT2D eigenvalue weighted by molar-refractivity contribution is 6.34. The second-order valence-electron chi connectivity index (χ2n) is 5.50. The number of nitrogens with one attached hydrogen (secondary N) is 1. The molecule has 7 heteroatoms. The molecule has 0 bridgehead atoms. The van der Waals surface area contributed by atoms with Gasteiger partial charge in [-0.1, -0.05) is 23.2 Å². The molecule has 26 heavy (non-hydrogen) atoms. The minimum absolute atomic E-state index is 0.0333. The minimum atomic E-state index is -0.330. The first-order valence-electron chi connectivity index (χ1n) is 8.21. The number of hydrogen-bond donors (Lipinski definition) is 1. The summed E-state index contributed by atoms with van der Waals surface area (Å²) in [6.07, 6.45) is 0. The van der Waals surface area contributed by atoms with Gasteiger partial charge >= 0.3 is 0 Å². The van der Waals surface area contributed by atoms with Gasteiger partial charge in [-0.25, -0.2) is 0 Å². The van der Waals surface area contributed by atoms with Crippen molar-refractivity contribution in [3.05, 3.63) is 58.1 Å². The van der Waals surface area contributed by atoms with E-state index in [1.54, 1.807) is 47.4 Å². The molecule has 5 nitrogen and oxygen atoms in total. The van der Waals surface area contributed by atoms with E-state index < -0.39 is 0 Å². The Kier molecular flexibility index (Phi) is 7.30. The predicted octanol–water partition coefficient (Wildman–Crippen LogP) is 4.49. The van der Waals surface area contributed by atoms with Crippen LogP contribution in [0.25, 0.3) is 0 Å². The maximum Gasteiger partial charge on any atom is 0.262 e. The van der Waals surface area contributed by atoms with E-state index in [2.05, 4.69) is 5.32 Å². The van der Waals surface area contributed by atoms with Crippen molar-refractivity contribution in [3.63, 3.8) is 0 Å². The number of carbonyl (C=O) groups excluding carboxylic acids is 2. The molecule has 2 aromatic carbocycles. The summed E-state index contributed by atoms with van der Waals surface area (Å²) in [4.78, 5) is 26.0. The molecule has 0 aromatic heterocycles. The number of hydrogen-bond acceptors (Lipinski definition) is 3. The van der Waals surface area contributed by atoms with Crippen LogP contribution in [0, 0.1) is 0 Å². The normalized spacial score (nSPS) is 10.3. The van der Waals surface area contributed by atoms with Gasteiger partial charge in [0.1, 0.15) is 5.75 Å². The van der Waals surface area contributed by atoms with Crippen LogP contribution in [0.3, 0.4) is 0 Å². The summed E-state index contributed by atoms with van der Waals surface area (Å²) in [6, 6.07) is 11.5. The van der Waals surface area contributed by atoms with Gasteiger partial charge < -0.3 is 15.0 Å². The highest BCUT2D eigenvalue weighted by Gasteiger charge is 2.12. The lowest BCUT2D eigenvalue weighted by Crippen LogP contribution is -2.30. The van der Waals surface area contributed by atoms with Gasteiger partial charge in [0.15, 0.2) is 6.61 Å². The van der Waals surface area contributed by atoms with Crippen LogP contribution in [0.4, 0.5) is 5.69 Å². The zero-order valence-corrected chi connectivity index (χ0v) is 16.1. The molecule has 2 rings (SSSR count). The zero-order valence-electron chi connectivity index (χ0n) is 14.6. The van der Waals surface area contributed by atoms with E-state index in [1.165, 1.54) is 0 Å². The van der Waals surface area contributed by atoms with E-state index in [-0.39, 0.29) is 18.4 Å². The van der Waals surface area contributed by atoms with Crippen LogP contribution in [-0.4, -0.2) is 36.4 Å². The molecule has 2 aromatic rings. The molecule has 1 N–H and O–H groups in total. The van der Waals surface area contributed by atoms with Crippen molar-refractivity contribution in [2.24, 2.45) is 0 Å². The molecule has 0 radical (unpaired) electrons. The molecular formula is C19H20Cl2N2O3. The van der Waals surface area contributed by atoms with Crippen molar-refractivity contribution in [1.29, 1.82) is 0 Å². The Morgan fingerprint density at radius 1 is 1.00 bits per heavy atom. The van der Waals surface area contributed by atoms with Gasteiger partial charge in [-0.05, 0) is 56.3 Å². The lowest BCUT2D eigenvalue weighted by atomic mass is 10.2. The Morgan fingerprint density at radius 3 is 2.12 bits per heavy atom. The van der Waals surface area contributed by atoms with Crippen molar-refractivity contribution in [3.8, 4) is 5.75 Å². The zero-order chi connectivity index (χ0) is 19.1. The Balaban J connectivity index is 1.92. The minimum Gasteiger partial charge on any atom is -0.484 e. The fraction of sp³-hybridized carbons (Fsp3) is 0.263. The molecule has 0 aliphatic rings. The topological polar surface area (TPSA) is 58.6 Å². The largest absolute Gasteiger partial charge is 0.484 e. The molecule has 2 amide bonds. The predicted molar refractivity (Wildman–Crippen MR) is 104 cm³/mol. The van der Waals surface area contributed by atoms with E-state index in [0.717, 1.165) is 0 Å². The monoisotopic (exact) mass is 394 g/mol. The van der Waals surface area contributed by atoms with E-state index in [1.807, 2.05) is 13.8 Å². The molecule has 0 saturated heterocycles. The van der Waals surface area contributed by atoms with Crippen LogP contribution in [0.15, 0.2) is 42.5 Å². The van der Waals surface area contributed by atoms with Gasteiger partial charge in [0.25, 0.3) is 11.8 Å². The number of ether oxygens (including phenoxy) is 1. The highest BCUT2D eigenvalue weighted by Crippen LogP contribution is 2.24. The molecule has 0 heterocycles. The van der Waals surface area contributed by atoms with Crippen molar-refractivity contribution in [2.45, 2.75) is 13.8 Å². The first-order valence-corrected chi connectivity index (χ1v) is 8.96. The fourth-order valence-electron chi connectivity index (χ4n) is 2.35. The molecule has 0 unspecified atom stereocenters. The van der Waals surface area contributed by atoms with Crippen LogP contribution >= 0.6 is 23.2 Å². The molecule has 0 spiro atoms. The van der Waals surface area contributed by atoms with Gasteiger partial charge in [0, 0.05) is 34.4 Å². The average molecular weight is 395 g/mol. The van der Waals surface area contributed by atoms with Crippen molar-refractivity contribution >= 4 is 40.7 Å². The smallest absolute Gasteiger partial charge is 0.262 e. The van der Waals surface area contributed by atoms with Gasteiger partial charge in [-0.3, -0.25) is 9.59 Å². The van der Waals surface area contributed by atoms with Gasteiger partial charge in [0.2, 0.25) is 0 Å². The summed E-state index contributed by atoms with van der Waals surface area (Å²) < 4.78 is 5.38. The van der Waals surface area contributed by atoms with Crippen molar-refractivity contribution in [2.75, 3.05) is 25.0 Å². The number of carbonyl (C=O) groups is 2. The van der Waals surface area contributed by atoms with E-state index in [9.17, 15) is 9.59 Å². The second-order valence-corrected chi connectivity index (χ2v) is 6.37. The summed E-state index contributed by atoms with van der Waals surface area (Å²) in [7, 11) is 0. The summed E-state index contributed by atoms with van der Waals surface area (Å²) >= 11 is 11.8. The van der Waals surface area contributed by atoms with Crippen LogP contribution in [0.2, 0.25) is 10.0 Å². The number of nitrogens with zero attached hydrogens (tertiary/aromatic N) is 1.